The molecule has 0 spiro atoms. The number of piperidine rings is 1. The lowest BCUT2D eigenvalue weighted by atomic mass is 9.95. The van der Waals surface area contributed by atoms with Gasteiger partial charge in [0.15, 0.2) is 0 Å². The predicted molar refractivity (Wildman–Crippen MR) is 91.8 cm³/mol. The summed E-state index contributed by atoms with van der Waals surface area (Å²) in [4.78, 5) is 2.69. The number of nitrogens with one attached hydrogen (secondary N) is 1. The predicted octanol–water partition coefficient (Wildman–Crippen LogP) is 4.08. The van der Waals surface area contributed by atoms with E-state index < -0.39 is 0 Å². The van der Waals surface area contributed by atoms with Gasteiger partial charge in [0.25, 0.3) is 0 Å². The summed E-state index contributed by atoms with van der Waals surface area (Å²) in [5.41, 5.74) is 4.28. The lowest BCUT2D eigenvalue weighted by molar-refractivity contribution is 0.161. The smallest absolute Gasteiger partial charge is 0.0320 e. The van der Waals surface area contributed by atoms with E-state index in [0.717, 1.165) is 5.92 Å². The second-order valence-corrected chi connectivity index (χ2v) is 6.71. The zero-order chi connectivity index (χ0) is 15.2. The van der Waals surface area contributed by atoms with Gasteiger partial charge in [0.05, 0.1) is 0 Å². The van der Waals surface area contributed by atoms with Gasteiger partial charge in [-0.2, -0.15) is 0 Å². The van der Waals surface area contributed by atoms with Crippen LogP contribution in [-0.2, 0) is 0 Å². The fourth-order valence-electron chi connectivity index (χ4n) is 3.36. The van der Waals surface area contributed by atoms with Gasteiger partial charge in [0.2, 0.25) is 0 Å². The molecule has 0 saturated carbocycles. The van der Waals surface area contributed by atoms with Crippen LogP contribution in [0.3, 0.4) is 0 Å². The van der Waals surface area contributed by atoms with E-state index in [-0.39, 0.29) is 0 Å². The summed E-state index contributed by atoms with van der Waals surface area (Å²) in [7, 11) is 0. The van der Waals surface area contributed by atoms with Gasteiger partial charge < -0.3 is 5.32 Å². The normalized spacial score (nSPS) is 18.1. The third-order valence-corrected chi connectivity index (χ3v) is 5.02. The van der Waals surface area contributed by atoms with E-state index in [1.165, 1.54) is 62.1 Å². The number of nitrogens with zero attached hydrogens (tertiary/aromatic N) is 1. The Balaban J connectivity index is 2.06. The van der Waals surface area contributed by atoms with Crippen molar-refractivity contribution in [3.8, 4) is 0 Å². The Hall–Kier alpha value is -0.860. The van der Waals surface area contributed by atoms with Crippen LogP contribution < -0.4 is 5.32 Å². The van der Waals surface area contributed by atoms with E-state index in [0.29, 0.717) is 6.04 Å². The van der Waals surface area contributed by atoms with Gasteiger partial charge >= 0.3 is 0 Å². The molecule has 0 radical (unpaired) electrons. The summed E-state index contributed by atoms with van der Waals surface area (Å²) < 4.78 is 0. The van der Waals surface area contributed by atoms with Crippen molar-refractivity contribution < 1.29 is 0 Å². The summed E-state index contributed by atoms with van der Waals surface area (Å²) in [6.07, 6.45) is 3.90. The zero-order valence-corrected chi connectivity index (χ0v) is 14.3. The van der Waals surface area contributed by atoms with E-state index in [4.69, 9.17) is 0 Å². The minimum absolute atomic E-state index is 0.527. The van der Waals surface area contributed by atoms with Gasteiger partial charge in [-0.1, -0.05) is 25.1 Å². The molecule has 21 heavy (non-hydrogen) atoms. The molecule has 1 aliphatic heterocycles. The molecule has 1 N–H and O–H groups in total. The van der Waals surface area contributed by atoms with Crippen molar-refractivity contribution in [3.63, 3.8) is 0 Å². The molecule has 1 unspecified atom stereocenters. The first kappa shape index (κ1) is 16.5. The average molecular weight is 288 g/mol. The van der Waals surface area contributed by atoms with E-state index in [1.807, 2.05) is 0 Å². The molecule has 1 heterocycles. The van der Waals surface area contributed by atoms with E-state index in [9.17, 15) is 0 Å². The standard InChI is InChI=1S/C19H32N2/c1-5-12-21(14-18-8-10-20-11-9-18)17(4)19-7-6-15(2)16(3)13-19/h6-7,13,17-18,20H,5,8-12,14H2,1-4H3. The second-order valence-electron chi connectivity index (χ2n) is 6.71. The first-order chi connectivity index (χ1) is 10.1. The fraction of sp³-hybridized carbons (Fsp3) is 0.684. The highest BCUT2D eigenvalue weighted by molar-refractivity contribution is 5.31. The molecular weight excluding hydrogens is 256 g/mol. The maximum absolute atomic E-state index is 3.48. The van der Waals surface area contributed by atoms with E-state index in [1.54, 1.807) is 0 Å². The lowest BCUT2D eigenvalue weighted by Crippen LogP contribution is -2.37. The molecule has 2 nitrogen and oxygen atoms in total. The maximum atomic E-state index is 3.48. The van der Waals surface area contributed by atoms with Gasteiger partial charge in [-0.25, -0.2) is 0 Å². The Morgan fingerprint density at radius 1 is 1.19 bits per heavy atom. The quantitative estimate of drug-likeness (QED) is 0.848. The second kappa shape index (κ2) is 7.95. The third kappa shape index (κ3) is 4.55. The number of benzene rings is 1. The largest absolute Gasteiger partial charge is 0.317 e. The minimum Gasteiger partial charge on any atom is -0.317 e. The minimum atomic E-state index is 0.527. The van der Waals surface area contributed by atoms with Crippen LogP contribution in [0.1, 0.15) is 55.8 Å². The Labute approximate surface area is 130 Å². The maximum Gasteiger partial charge on any atom is 0.0320 e. The van der Waals surface area contributed by atoms with Crippen LogP contribution in [0.2, 0.25) is 0 Å². The van der Waals surface area contributed by atoms with Gasteiger partial charge in [0.1, 0.15) is 0 Å². The molecule has 1 atom stereocenters. The van der Waals surface area contributed by atoms with Crippen LogP contribution in [0.5, 0.6) is 0 Å². The lowest BCUT2D eigenvalue weighted by Gasteiger charge is -2.34. The molecule has 0 aliphatic carbocycles. The highest BCUT2D eigenvalue weighted by Crippen LogP contribution is 2.25. The van der Waals surface area contributed by atoms with Gasteiger partial charge in [-0.05, 0) is 82.3 Å². The van der Waals surface area contributed by atoms with Crippen molar-refractivity contribution in [1.29, 1.82) is 0 Å². The van der Waals surface area contributed by atoms with Crippen LogP contribution in [0.4, 0.5) is 0 Å². The van der Waals surface area contributed by atoms with E-state index >= 15 is 0 Å². The molecular formula is C19H32N2. The monoisotopic (exact) mass is 288 g/mol. The molecule has 2 rings (SSSR count). The molecule has 1 aromatic carbocycles. The summed E-state index contributed by atoms with van der Waals surface area (Å²) >= 11 is 0. The summed E-state index contributed by atoms with van der Waals surface area (Å²) in [5.74, 6) is 0.867. The molecule has 0 bridgehead atoms. The first-order valence-corrected chi connectivity index (χ1v) is 8.63. The summed E-state index contributed by atoms with van der Waals surface area (Å²) in [6.45, 7) is 13.9. The van der Waals surface area contributed by atoms with Gasteiger partial charge in [-0.15, -0.1) is 0 Å². The van der Waals surface area contributed by atoms with Crippen molar-refractivity contribution in [2.45, 2.75) is 53.0 Å². The topological polar surface area (TPSA) is 15.3 Å². The molecule has 0 aromatic heterocycles. The first-order valence-electron chi connectivity index (χ1n) is 8.63. The number of hydrogen-bond donors (Lipinski definition) is 1. The van der Waals surface area contributed by atoms with Crippen LogP contribution in [0.15, 0.2) is 18.2 Å². The molecule has 118 valence electrons. The molecule has 1 aromatic rings. The highest BCUT2D eigenvalue weighted by Gasteiger charge is 2.21. The molecule has 2 heteroatoms. The van der Waals surface area contributed by atoms with Crippen molar-refractivity contribution in [1.82, 2.24) is 10.2 Å². The number of aryl methyl sites for hydroxylation is 2. The number of rotatable bonds is 6. The summed E-state index contributed by atoms with van der Waals surface area (Å²) in [6, 6.07) is 7.50. The Kier molecular flexibility index (Phi) is 6.25. The van der Waals surface area contributed by atoms with Crippen molar-refractivity contribution >= 4 is 0 Å². The SMILES string of the molecule is CCCN(CC1CCNCC1)C(C)c1ccc(C)c(C)c1. The van der Waals surface area contributed by atoms with Crippen molar-refractivity contribution in [2.24, 2.45) is 5.92 Å². The van der Waals surface area contributed by atoms with Crippen LogP contribution in [-0.4, -0.2) is 31.1 Å². The van der Waals surface area contributed by atoms with Crippen molar-refractivity contribution in [2.75, 3.05) is 26.2 Å². The molecule has 0 amide bonds. The van der Waals surface area contributed by atoms with Crippen LogP contribution in [0.25, 0.3) is 0 Å². The molecule has 1 aliphatic rings. The zero-order valence-electron chi connectivity index (χ0n) is 14.3. The molecule has 1 saturated heterocycles. The fourth-order valence-corrected chi connectivity index (χ4v) is 3.36. The Morgan fingerprint density at radius 2 is 1.90 bits per heavy atom. The van der Waals surface area contributed by atoms with Gasteiger partial charge in [-0.3, -0.25) is 4.90 Å². The van der Waals surface area contributed by atoms with Crippen LogP contribution in [0, 0.1) is 19.8 Å². The van der Waals surface area contributed by atoms with E-state index in [2.05, 4.69) is 56.1 Å². The van der Waals surface area contributed by atoms with Crippen molar-refractivity contribution in [3.05, 3.63) is 34.9 Å². The third-order valence-electron chi connectivity index (χ3n) is 5.02. The van der Waals surface area contributed by atoms with Gasteiger partial charge in [0, 0.05) is 12.6 Å². The number of hydrogen-bond acceptors (Lipinski definition) is 2. The average Bonchev–Trinajstić information content (AvgIpc) is 2.50. The Bertz CT molecular complexity index is 435. The Morgan fingerprint density at radius 3 is 2.52 bits per heavy atom. The molecule has 1 fully saturated rings. The highest BCUT2D eigenvalue weighted by atomic mass is 15.2. The summed E-state index contributed by atoms with van der Waals surface area (Å²) in [5, 5.41) is 3.48. The van der Waals surface area contributed by atoms with Crippen LogP contribution >= 0.6 is 0 Å².